The minimum absolute atomic E-state index is 0.170. The Morgan fingerprint density at radius 2 is 2.11 bits per heavy atom. The first kappa shape index (κ1) is 16.0. The number of alkyl halides is 1. The van der Waals surface area contributed by atoms with Gasteiger partial charge in [0.2, 0.25) is 5.91 Å². The molecule has 0 aliphatic carbocycles. The summed E-state index contributed by atoms with van der Waals surface area (Å²) < 4.78 is 5.76. The Hall–Kier alpha value is -1.03. The van der Waals surface area contributed by atoms with Crippen LogP contribution in [0.3, 0.4) is 0 Å². The predicted molar refractivity (Wildman–Crippen MR) is 82.1 cm³/mol. The monoisotopic (exact) mass is 327 g/mol. The van der Waals surface area contributed by atoms with Crippen LogP contribution in [-0.4, -0.2) is 36.3 Å². The van der Waals surface area contributed by atoms with Crippen molar-refractivity contribution in [3.63, 3.8) is 0 Å². The van der Waals surface area contributed by atoms with E-state index in [-0.39, 0.29) is 5.91 Å². The lowest BCUT2D eigenvalue weighted by molar-refractivity contribution is -0.129. The maximum Gasteiger partial charge on any atom is 0.223 e. The molecule has 3 nitrogen and oxygen atoms in total. The molecule has 0 atom stereocenters. The lowest BCUT2D eigenvalue weighted by atomic mass is 10.1. The van der Waals surface area contributed by atoms with E-state index >= 15 is 0 Å². The van der Waals surface area contributed by atoms with Crippen LogP contribution in [-0.2, 0) is 4.79 Å². The molecule has 1 aromatic carbocycles. The van der Waals surface area contributed by atoms with Gasteiger partial charge < -0.3 is 9.64 Å². The molecule has 1 rings (SSSR count). The summed E-state index contributed by atoms with van der Waals surface area (Å²) in [5, 5.41) is 0.717. The van der Waals surface area contributed by atoms with Crippen LogP contribution >= 0.6 is 15.9 Å². The van der Waals surface area contributed by atoms with Crippen molar-refractivity contribution in [3.05, 3.63) is 29.3 Å². The second-order valence-electron chi connectivity index (χ2n) is 4.65. The van der Waals surface area contributed by atoms with Crippen LogP contribution in [0.2, 0.25) is 0 Å². The highest BCUT2D eigenvalue weighted by Crippen LogP contribution is 2.20. The van der Waals surface area contributed by atoms with Crippen molar-refractivity contribution in [1.29, 1.82) is 0 Å². The molecule has 0 aliphatic rings. The number of benzene rings is 1. The largest absolute Gasteiger partial charge is 0.493 e. The van der Waals surface area contributed by atoms with E-state index in [4.69, 9.17) is 4.74 Å². The first-order valence-corrected chi connectivity index (χ1v) is 7.67. The van der Waals surface area contributed by atoms with Crippen molar-refractivity contribution in [3.8, 4) is 5.75 Å². The third kappa shape index (κ3) is 5.23. The molecule has 1 aromatic rings. The van der Waals surface area contributed by atoms with Gasteiger partial charge >= 0.3 is 0 Å². The van der Waals surface area contributed by atoms with E-state index in [1.54, 1.807) is 4.90 Å². The van der Waals surface area contributed by atoms with Crippen LogP contribution in [0.25, 0.3) is 0 Å². The van der Waals surface area contributed by atoms with Gasteiger partial charge in [0.05, 0.1) is 6.61 Å². The van der Waals surface area contributed by atoms with Crippen LogP contribution in [0.5, 0.6) is 5.75 Å². The van der Waals surface area contributed by atoms with Crippen molar-refractivity contribution >= 4 is 21.8 Å². The van der Waals surface area contributed by atoms with Gasteiger partial charge in [-0.1, -0.05) is 28.1 Å². The van der Waals surface area contributed by atoms with Crippen LogP contribution in [0.4, 0.5) is 0 Å². The third-order valence-electron chi connectivity index (χ3n) is 3.18. The molecule has 0 aromatic heterocycles. The summed E-state index contributed by atoms with van der Waals surface area (Å²) in [7, 11) is 1.84. The van der Waals surface area contributed by atoms with E-state index in [1.807, 2.05) is 19.2 Å². The number of hydrogen-bond acceptors (Lipinski definition) is 2. The second kappa shape index (κ2) is 8.20. The third-order valence-corrected chi connectivity index (χ3v) is 3.58. The SMILES string of the molecule is Cc1cccc(OCCCN(C)C(=O)CCBr)c1C. The topological polar surface area (TPSA) is 29.5 Å². The minimum Gasteiger partial charge on any atom is -0.493 e. The van der Waals surface area contributed by atoms with Crippen LogP contribution in [0, 0.1) is 13.8 Å². The standard InChI is InChI=1S/C15H22BrNO2/c1-12-6-4-7-14(13(12)2)19-11-5-10-17(3)15(18)8-9-16/h4,6-7H,5,8-11H2,1-3H3. The van der Waals surface area contributed by atoms with Gasteiger partial charge in [0, 0.05) is 25.3 Å². The quantitative estimate of drug-likeness (QED) is 0.568. The zero-order valence-corrected chi connectivity index (χ0v) is 13.5. The average molecular weight is 328 g/mol. The number of carbonyl (C=O) groups excluding carboxylic acids is 1. The molecule has 0 aliphatic heterocycles. The number of hydrogen-bond donors (Lipinski definition) is 0. The normalized spacial score (nSPS) is 10.3. The summed E-state index contributed by atoms with van der Waals surface area (Å²) in [5.74, 6) is 1.11. The Bertz CT molecular complexity index is 421. The van der Waals surface area contributed by atoms with Gasteiger partial charge in [-0.15, -0.1) is 0 Å². The summed E-state index contributed by atoms with van der Waals surface area (Å²) in [6.45, 7) is 5.51. The molecule has 0 spiro atoms. The van der Waals surface area contributed by atoms with Crippen LogP contribution < -0.4 is 4.74 Å². The maximum atomic E-state index is 11.6. The van der Waals surface area contributed by atoms with Gasteiger partial charge in [-0.05, 0) is 37.5 Å². The van der Waals surface area contributed by atoms with E-state index in [0.29, 0.717) is 13.0 Å². The molecule has 19 heavy (non-hydrogen) atoms. The molecule has 0 heterocycles. The highest BCUT2D eigenvalue weighted by molar-refractivity contribution is 9.09. The molecule has 1 amide bonds. The van der Waals surface area contributed by atoms with Crippen molar-refractivity contribution in [1.82, 2.24) is 4.90 Å². The van der Waals surface area contributed by atoms with Gasteiger partial charge in [-0.2, -0.15) is 0 Å². The molecule has 4 heteroatoms. The molecule has 0 saturated carbocycles. The van der Waals surface area contributed by atoms with Crippen LogP contribution in [0.15, 0.2) is 18.2 Å². The van der Waals surface area contributed by atoms with Crippen molar-refractivity contribution in [2.75, 3.05) is 25.5 Å². The zero-order chi connectivity index (χ0) is 14.3. The summed E-state index contributed by atoms with van der Waals surface area (Å²) in [4.78, 5) is 13.3. The number of carbonyl (C=O) groups is 1. The summed E-state index contributed by atoms with van der Waals surface area (Å²) in [5.41, 5.74) is 2.42. The van der Waals surface area contributed by atoms with E-state index in [2.05, 4.69) is 35.8 Å². The summed E-state index contributed by atoms with van der Waals surface area (Å²) in [6, 6.07) is 6.07. The fraction of sp³-hybridized carbons (Fsp3) is 0.533. The average Bonchev–Trinajstić information content (AvgIpc) is 2.39. The Kier molecular flexibility index (Phi) is 6.92. The highest BCUT2D eigenvalue weighted by Gasteiger charge is 2.07. The van der Waals surface area contributed by atoms with Crippen molar-refractivity contribution < 1.29 is 9.53 Å². The van der Waals surface area contributed by atoms with Crippen LogP contribution in [0.1, 0.15) is 24.0 Å². The highest BCUT2D eigenvalue weighted by atomic mass is 79.9. The Balaban J connectivity index is 2.31. The molecule has 0 fully saturated rings. The minimum atomic E-state index is 0.170. The zero-order valence-electron chi connectivity index (χ0n) is 11.9. The first-order valence-electron chi connectivity index (χ1n) is 6.55. The van der Waals surface area contributed by atoms with Gasteiger partial charge in [0.15, 0.2) is 0 Å². The van der Waals surface area contributed by atoms with Gasteiger partial charge in [-0.3, -0.25) is 4.79 Å². The molecule has 0 unspecified atom stereocenters. The van der Waals surface area contributed by atoms with E-state index < -0.39 is 0 Å². The van der Waals surface area contributed by atoms with Crippen molar-refractivity contribution in [2.45, 2.75) is 26.7 Å². The Labute approximate surface area is 124 Å². The lowest BCUT2D eigenvalue weighted by Gasteiger charge is -2.17. The van der Waals surface area contributed by atoms with E-state index in [9.17, 15) is 4.79 Å². The number of halogens is 1. The van der Waals surface area contributed by atoms with E-state index in [0.717, 1.165) is 24.0 Å². The number of ether oxygens (including phenoxy) is 1. The maximum absolute atomic E-state index is 11.6. The van der Waals surface area contributed by atoms with Gasteiger partial charge in [-0.25, -0.2) is 0 Å². The molecule has 0 N–H and O–H groups in total. The second-order valence-corrected chi connectivity index (χ2v) is 5.45. The fourth-order valence-electron chi connectivity index (χ4n) is 1.76. The summed E-state index contributed by atoms with van der Waals surface area (Å²) >= 11 is 3.27. The number of rotatable bonds is 7. The fourth-order valence-corrected chi connectivity index (χ4v) is 2.10. The number of aryl methyl sites for hydroxylation is 1. The first-order chi connectivity index (χ1) is 9.06. The molecular formula is C15H22BrNO2. The molecule has 0 bridgehead atoms. The lowest BCUT2D eigenvalue weighted by Crippen LogP contribution is -2.28. The molecular weight excluding hydrogens is 306 g/mol. The molecule has 0 saturated heterocycles. The summed E-state index contributed by atoms with van der Waals surface area (Å²) in [6.07, 6.45) is 1.40. The van der Waals surface area contributed by atoms with E-state index in [1.165, 1.54) is 11.1 Å². The molecule has 0 radical (unpaired) electrons. The molecule has 106 valence electrons. The number of amides is 1. The number of nitrogens with zero attached hydrogens (tertiary/aromatic N) is 1. The van der Waals surface area contributed by atoms with Gasteiger partial charge in [0.1, 0.15) is 5.75 Å². The Morgan fingerprint density at radius 1 is 1.37 bits per heavy atom. The predicted octanol–water partition coefficient (Wildman–Crippen LogP) is 3.32. The van der Waals surface area contributed by atoms with Crippen molar-refractivity contribution in [2.24, 2.45) is 0 Å². The Morgan fingerprint density at radius 3 is 2.79 bits per heavy atom. The smallest absolute Gasteiger partial charge is 0.223 e. The van der Waals surface area contributed by atoms with Gasteiger partial charge in [0.25, 0.3) is 0 Å².